The molecular weight excluding hydrogens is 404 g/mol. The van der Waals surface area contributed by atoms with Gasteiger partial charge in [-0.3, -0.25) is 35.3 Å². The quantitative estimate of drug-likeness (QED) is 0.587. The van der Waals surface area contributed by atoms with Crippen molar-refractivity contribution in [1.82, 2.24) is 4.98 Å². The van der Waals surface area contributed by atoms with E-state index < -0.39 is 37.6 Å². The zero-order valence-electron chi connectivity index (χ0n) is 12.9. The number of nitro groups is 3. The van der Waals surface area contributed by atoms with Gasteiger partial charge >= 0.3 is 11.4 Å². The van der Waals surface area contributed by atoms with Crippen LogP contribution in [0, 0.1) is 44.2 Å². The molecule has 0 fully saturated rings. The highest BCUT2D eigenvalue weighted by molar-refractivity contribution is 9.10. The zero-order chi connectivity index (χ0) is 19.3. The third-order valence-electron chi connectivity index (χ3n) is 2.70. The molecule has 0 saturated carbocycles. The van der Waals surface area contributed by atoms with Crippen molar-refractivity contribution in [2.45, 2.75) is 13.8 Å². The summed E-state index contributed by atoms with van der Waals surface area (Å²) in [5.74, 6) is -1.21. The van der Waals surface area contributed by atoms with Gasteiger partial charge < -0.3 is 5.11 Å². The Hall–Kier alpha value is -3.15. The van der Waals surface area contributed by atoms with Crippen LogP contribution in [0.15, 0.2) is 28.7 Å². The standard InChI is InChI=1S/C7H8BrN.C6H3N3O7/c1-5-3-7(8)4-6(2)9-5;10-6-4(8(13)14)1-3(7(11)12)2-5(6)9(15)16/h3-4H,1-2H3;1-2,10H. The number of aryl methyl sites for hydroxylation is 2. The molecule has 2 aromatic rings. The van der Waals surface area contributed by atoms with Gasteiger partial charge in [0.15, 0.2) is 0 Å². The summed E-state index contributed by atoms with van der Waals surface area (Å²) in [5, 5.41) is 40.2. The monoisotopic (exact) mass is 414 g/mol. The first kappa shape index (κ1) is 19.9. The lowest BCUT2D eigenvalue weighted by Crippen LogP contribution is -1.97. The molecule has 132 valence electrons. The fourth-order valence-electron chi connectivity index (χ4n) is 1.76. The van der Waals surface area contributed by atoms with Crippen LogP contribution in [0.25, 0.3) is 0 Å². The molecule has 11 nitrogen and oxygen atoms in total. The van der Waals surface area contributed by atoms with Crippen LogP contribution >= 0.6 is 15.9 Å². The number of aromatic nitrogens is 1. The van der Waals surface area contributed by atoms with E-state index in [1.165, 1.54) is 0 Å². The predicted octanol–water partition coefficient (Wildman–Crippen LogP) is 3.58. The average molecular weight is 415 g/mol. The summed E-state index contributed by atoms with van der Waals surface area (Å²) in [7, 11) is 0. The van der Waals surface area contributed by atoms with Gasteiger partial charge in [0, 0.05) is 15.9 Å². The lowest BCUT2D eigenvalue weighted by atomic mass is 10.2. The number of phenolic OH excluding ortho intramolecular Hbond substituents is 1. The van der Waals surface area contributed by atoms with Crippen LogP contribution in [0.5, 0.6) is 5.75 Å². The Labute approximate surface area is 148 Å². The molecule has 0 bridgehead atoms. The average Bonchev–Trinajstić information content (AvgIpc) is 2.45. The zero-order valence-corrected chi connectivity index (χ0v) is 14.5. The number of non-ortho nitro benzene ring substituents is 1. The molecule has 0 spiro atoms. The van der Waals surface area contributed by atoms with Gasteiger partial charge in [-0.25, -0.2) is 0 Å². The topological polar surface area (TPSA) is 163 Å². The Morgan fingerprint density at radius 1 is 0.880 bits per heavy atom. The summed E-state index contributed by atoms with van der Waals surface area (Å²) >= 11 is 3.37. The molecule has 1 heterocycles. The number of hydrogen-bond donors (Lipinski definition) is 1. The highest BCUT2D eigenvalue weighted by atomic mass is 79.9. The van der Waals surface area contributed by atoms with E-state index in [1.54, 1.807) is 0 Å². The minimum absolute atomic E-state index is 0.447. The van der Waals surface area contributed by atoms with Crippen molar-refractivity contribution >= 4 is 33.0 Å². The van der Waals surface area contributed by atoms with Gasteiger partial charge in [0.1, 0.15) is 0 Å². The van der Waals surface area contributed by atoms with E-state index in [2.05, 4.69) is 20.9 Å². The molecule has 1 N–H and O–H groups in total. The Bertz CT molecular complexity index is 771. The molecule has 1 aromatic heterocycles. The van der Waals surface area contributed by atoms with E-state index >= 15 is 0 Å². The number of pyridine rings is 1. The van der Waals surface area contributed by atoms with Crippen molar-refractivity contribution in [2.24, 2.45) is 0 Å². The number of hydrogen-bond acceptors (Lipinski definition) is 8. The number of benzene rings is 1. The van der Waals surface area contributed by atoms with Crippen molar-refractivity contribution in [2.75, 3.05) is 0 Å². The fourth-order valence-corrected chi connectivity index (χ4v) is 2.42. The second-order valence-corrected chi connectivity index (χ2v) is 5.59. The highest BCUT2D eigenvalue weighted by Gasteiger charge is 2.30. The van der Waals surface area contributed by atoms with Gasteiger partial charge in [0.2, 0.25) is 0 Å². The van der Waals surface area contributed by atoms with Crippen LogP contribution in [0.4, 0.5) is 17.1 Å². The Kier molecular flexibility index (Phi) is 6.45. The van der Waals surface area contributed by atoms with E-state index in [1.807, 2.05) is 26.0 Å². The molecule has 0 aliphatic rings. The Morgan fingerprint density at radius 2 is 1.28 bits per heavy atom. The third-order valence-corrected chi connectivity index (χ3v) is 3.16. The van der Waals surface area contributed by atoms with Crippen LogP contribution in [-0.4, -0.2) is 24.9 Å². The molecule has 1 aromatic carbocycles. The molecule has 0 atom stereocenters. The molecule has 0 amide bonds. The third kappa shape index (κ3) is 5.46. The van der Waals surface area contributed by atoms with Crippen molar-refractivity contribution in [3.63, 3.8) is 0 Å². The molecule has 0 radical (unpaired) electrons. The van der Waals surface area contributed by atoms with Crippen molar-refractivity contribution in [1.29, 1.82) is 0 Å². The van der Waals surface area contributed by atoms with Crippen LogP contribution in [0.3, 0.4) is 0 Å². The maximum Gasteiger partial charge on any atom is 0.324 e. The molecule has 0 unspecified atom stereocenters. The van der Waals surface area contributed by atoms with E-state index in [9.17, 15) is 30.3 Å². The molecule has 0 aliphatic carbocycles. The number of aromatic hydroxyl groups is 1. The normalized spacial score (nSPS) is 9.72. The van der Waals surface area contributed by atoms with Gasteiger partial charge in [0.25, 0.3) is 11.4 Å². The van der Waals surface area contributed by atoms with Gasteiger partial charge in [-0.2, -0.15) is 0 Å². The molecule has 0 aliphatic heterocycles. The summed E-state index contributed by atoms with van der Waals surface area (Å²) in [5.41, 5.74) is -0.887. The van der Waals surface area contributed by atoms with Gasteiger partial charge in [-0.15, -0.1) is 0 Å². The largest absolute Gasteiger partial charge is 0.497 e. The lowest BCUT2D eigenvalue weighted by Gasteiger charge is -1.97. The van der Waals surface area contributed by atoms with Gasteiger partial charge in [-0.05, 0) is 26.0 Å². The first-order valence-electron chi connectivity index (χ1n) is 6.44. The first-order chi connectivity index (χ1) is 11.5. The number of phenols is 1. The number of rotatable bonds is 3. The molecular formula is C13H11BrN4O7. The summed E-state index contributed by atoms with van der Waals surface area (Å²) in [6.07, 6.45) is 0. The maximum atomic E-state index is 10.4. The number of nitrogens with zero attached hydrogens (tertiary/aromatic N) is 4. The second-order valence-electron chi connectivity index (χ2n) is 4.67. The van der Waals surface area contributed by atoms with Crippen LogP contribution in [0.2, 0.25) is 0 Å². The minimum atomic E-state index is -1.21. The molecule has 12 heteroatoms. The van der Waals surface area contributed by atoms with Crippen LogP contribution < -0.4 is 0 Å². The summed E-state index contributed by atoms with van der Waals surface area (Å²) in [4.78, 5) is 32.0. The maximum absolute atomic E-state index is 10.4. The summed E-state index contributed by atoms with van der Waals surface area (Å²) in [6.45, 7) is 3.97. The van der Waals surface area contributed by atoms with E-state index in [0.29, 0.717) is 12.1 Å². The first-order valence-corrected chi connectivity index (χ1v) is 7.23. The Balaban J connectivity index is 0.000000293. The second kappa shape index (κ2) is 8.10. The van der Waals surface area contributed by atoms with Crippen molar-refractivity contribution < 1.29 is 19.9 Å². The van der Waals surface area contributed by atoms with Crippen molar-refractivity contribution in [3.05, 3.63) is 70.5 Å². The molecule has 0 saturated heterocycles. The van der Waals surface area contributed by atoms with E-state index in [-0.39, 0.29) is 0 Å². The molecule has 2 rings (SSSR count). The van der Waals surface area contributed by atoms with Crippen LogP contribution in [0.1, 0.15) is 11.4 Å². The highest BCUT2D eigenvalue weighted by Crippen LogP contribution is 2.38. The minimum Gasteiger partial charge on any atom is -0.497 e. The van der Waals surface area contributed by atoms with Gasteiger partial charge in [0.05, 0.1) is 26.9 Å². The summed E-state index contributed by atoms with van der Waals surface area (Å²) in [6, 6.07) is 4.88. The SMILES string of the molecule is Cc1cc(Br)cc(C)n1.O=[N+]([O-])c1cc([N+](=O)[O-])c(O)c([N+](=O)[O-])c1. The Morgan fingerprint density at radius 3 is 1.56 bits per heavy atom. The summed E-state index contributed by atoms with van der Waals surface area (Å²) < 4.78 is 1.10. The predicted molar refractivity (Wildman–Crippen MR) is 89.5 cm³/mol. The van der Waals surface area contributed by atoms with E-state index in [4.69, 9.17) is 5.11 Å². The van der Waals surface area contributed by atoms with Crippen LogP contribution in [-0.2, 0) is 0 Å². The van der Waals surface area contributed by atoms with Crippen molar-refractivity contribution in [3.8, 4) is 5.75 Å². The number of halogens is 1. The lowest BCUT2D eigenvalue weighted by molar-refractivity contribution is -0.404. The van der Waals surface area contributed by atoms with E-state index in [0.717, 1.165) is 15.9 Å². The molecule has 25 heavy (non-hydrogen) atoms. The fraction of sp³-hybridized carbons (Fsp3) is 0.154. The van der Waals surface area contributed by atoms with Gasteiger partial charge in [-0.1, -0.05) is 15.9 Å². The number of nitro benzene ring substituents is 3. The smallest absolute Gasteiger partial charge is 0.324 e.